The molecule has 0 bridgehead atoms. The lowest BCUT2D eigenvalue weighted by molar-refractivity contribution is -0.105. The average Bonchev–Trinajstić information content (AvgIpc) is 2.56. The average molecular weight is 297 g/mol. The van der Waals surface area contributed by atoms with Gasteiger partial charge in [-0.3, -0.25) is 4.79 Å². The third kappa shape index (κ3) is 4.92. The minimum absolute atomic E-state index is 0.490. The van der Waals surface area contributed by atoms with Crippen molar-refractivity contribution in [2.75, 3.05) is 5.32 Å². The predicted molar refractivity (Wildman–Crippen MR) is 90.1 cm³/mol. The fourth-order valence-electron chi connectivity index (χ4n) is 2.35. The number of hydrogen-bond donors (Lipinski definition) is 1. The number of nitrogens with one attached hydrogen (secondary N) is 1. The van der Waals surface area contributed by atoms with Crippen LogP contribution in [0.2, 0.25) is 0 Å². The van der Waals surface area contributed by atoms with Crippen molar-refractivity contribution in [3.63, 3.8) is 0 Å². The number of carbonyl (C=O) groups is 1. The third-order valence-corrected chi connectivity index (χ3v) is 3.56. The van der Waals surface area contributed by atoms with E-state index < -0.39 is 0 Å². The smallest absolute Gasteiger partial charge is 0.211 e. The first-order valence-electron chi connectivity index (χ1n) is 7.83. The fraction of sp³-hybridized carbons (Fsp3) is 0.316. The molecule has 0 aliphatic rings. The van der Waals surface area contributed by atoms with Crippen LogP contribution in [-0.2, 0) is 17.8 Å². The monoisotopic (exact) mass is 297 g/mol. The van der Waals surface area contributed by atoms with E-state index in [1.807, 2.05) is 42.5 Å². The van der Waals surface area contributed by atoms with Crippen LogP contribution < -0.4 is 10.1 Å². The van der Waals surface area contributed by atoms with Gasteiger partial charge in [0, 0.05) is 0 Å². The van der Waals surface area contributed by atoms with Gasteiger partial charge in [-0.2, -0.15) is 0 Å². The van der Waals surface area contributed by atoms with E-state index in [9.17, 15) is 4.79 Å². The van der Waals surface area contributed by atoms with Crippen LogP contribution in [0.3, 0.4) is 0 Å². The summed E-state index contributed by atoms with van der Waals surface area (Å²) in [7, 11) is 0. The zero-order chi connectivity index (χ0) is 15.6. The molecule has 3 nitrogen and oxygen atoms in total. The van der Waals surface area contributed by atoms with Crippen molar-refractivity contribution in [3.05, 3.63) is 59.7 Å². The standard InChI is InChI=1S/C19H23NO2/c1-2-3-5-8-16-11-12-19(18(13-16)20-15-21)22-14-17-9-6-4-7-10-17/h4,6-7,9-13,15H,2-3,5,8,14H2,1H3,(H,20,21). The number of amides is 1. The first-order valence-corrected chi connectivity index (χ1v) is 7.83. The Balaban J connectivity index is 2.04. The summed E-state index contributed by atoms with van der Waals surface area (Å²) < 4.78 is 5.83. The molecule has 2 rings (SSSR count). The summed E-state index contributed by atoms with van der Waals surface area (Å²) in [4.78, 5) is 10.8. The molecule has 1 N–H and O–H groups in total. The highest BCUT2D eigenvalue weighted by Crippen LogP contribution is 2.27. The topological polar surface area (TPSA) is 38.3 Å². The Kier molecular flexibility index (Phi) is 6.49. The van der Waals surface area contributed by atoms with E-state index in [4.69, 9.17) is 4.74 Å². The number of aryl methyl sites for hydroxylation is 1. The Morgan fingerprint density at radius 3 is 2.59 bits per heavy atom. The molecule has 0 aliphatic heterocycles. The number of ether oxygens (including phenoxy) is 1. The van der Waals surface area contributed by atoms with Crippen molar-refractivity contribution >= 4 is 12.1 Å². The molecule has 2 aromatic carbocycles. The van der Waals surface area contributed by atoms with E-state index in [0.29, 0.717) is 18.8 Å². The molecule has 0 heterocycles. The molecule has 0 fully saturated rings. The minimum Gasteiger partial charge on any atom is -0.487 e. The predicted octanol–water partition coefficient (Wildman–Crippen LogP) is 4.57. The van der Waals surface area contributed by atoms with Crippen molar-refractivity contribution in [1.82, 2.24) is 0 Å². The maximum absolute atomic E-state index is 10.8. The lowest BCUT2D eigenvalue weighted by atomic mass is 10.1. The van der Waals surface area contributed by atoms with Crippen LogP contribution in [0.4, 0.5) is 5.69 Å². The Morgan fingerprint density at radius 2 is 1.86 bits per heavy atom. The summed E-state index contributed by atoms with van der Waals surface area (Å²) in [5.41, 5.74) is 3.07. The van der Waals surface area contributed by atoms with Crippen molar-refractivity contribution in [3.8, 4) is 5.75 Å². The molecular formula is C19H23NO2. The highest BCUT2D eigenvalue weighted by molar-refractivity contribution is 5.75. The quantitative estimate of drug-likeness (QED) is 0.544. The fourth-order valence-corrected chi connectivity index (χ4v) is 2.35. The van der Waals surface area contributed by atoms with Crippen LogP contribution in [0, 0.1) is 0 Å². The zero-order valence-electron chi connectivity index (χ0n) is 13.0. The molecule has 116 valence electrons. The Hall–Kier alpha value is -2.29. The summed E-state index contributed by atoms with van der Waals surface area (Å²) >= 11 is 0. The van der Waals surface area contributed by atoms with Crippen LogP contribution >= 0.6 is 0 Å². The minimum atomic E-state index is 0.490. The molecule has 0 aliphatic carbocycles. The number of unbranched alkanes of at least 4 members (excludes halogenated alkanes) is 2. The normalized spacial score (nSPS) is 10.2. The molecule has 0 atom stereocenters. The molecule has 2 aromatic rings. The highest BCUT2D eigenvalue weighted by Gasteiger charge is 2.05. The maximum atomic E-state index is 10.8. The number of rotatable bonds is 9. The molecule has 0 radical (unpaired) electrons. The molecule has 1 amide bonds. The van der Waals surface area contributed by atoms with E-state index in [1.54, 1.807) is 0 Å². The van der Waals surface area contributed by atoms with E-state index in [0.717, 1.165) is 17.7 Å². The molecule has 0 unspecified atom stereocenters. The van der Waals surface area contributed by atoms with Crippen LogP contribution in [0.5, 0.6) is 5.75 Å². The van der Waals surface area contributed by atoms with Crippen molar-refractivity contribution in [1.29, 1.82) is 0 Å². The van der Waals surface area contributed by atoms with Gasteiger partial charge >= 0.3 is 0 Å². The largest absolute Gasteiger partial charge is 0.487 e. The third-order valence-electron chi connectivity index (χ3n) is 3.56. The van der Waals surface area contributed by atoms with E-state index in [-0.39, 0.29) is 0 Å². The molecule has 0 saturated heterocycles. The van der Waals surface area contributed by atoms with Crippen LogP contribution in [0.15, 0.2) is 48.5 Å². The summed E-state index contributed by atoms with van der Waals surface area (Å²) in [5, 5.41) is 2.74. The SMILES string of the molecule is CCCCCc1ccc(OCc2ccccc2)c(NC=O)c1. The summed E-state index contributed by atoms with van der Waals surface area (Å²) in [6, 6.07) is 16.0. The summed E-state index contributed by atoms with van der Waals surface area (Å²) in [5.74, 6) is 0.704. The van der Waals surface area contributed by atoms with E-state index >= 15 is 0 Å². The van der Waals surface area contributed by atoms with Gasteiger partial charge in [0.2, 0.25) is 6.41 Å². The maximum Gasteiger partial charge on any atom is 0.211 e. The molecule has 22 heavy (non-hydrogen) atoms. The van der Waals surface area contributed by atoms with Gasteiger partial charge in [0.05, 0.1) is 5.69 Å². The van der Waals surface area contributed by atoms with E-state index in [1.165, 1.54) is 24.8 Å². The van der Waals surface area contributed by atoms with Gasteiger partial charge in [0.15, 0.2) is 0 Å². The van der Waals surface area contributed by atoms with Crippen molar-refractivity contribution in [2.24, 2.45) is 0 Å². The molecule has 0 spiro atoms. The van der Waals surface area contributed by atoms with Crippen LogP contribution in [-0.4, -0.2) is 6.41 Å². The van der Waals surface area contributed by atoms with Crippen LogP contribution in [0.25, 0.3) is 0 Å². The second-order valence-corrected chi connectivity index (χ2v) is 5.32. The van der Waals surface area contributed by atoms with Gasteiger partial charge in [-0.15, -0.1) is 0 Å². The molecule has 3 heteroatoms. The molecule has 0 aromatic heterocycles. The van der Waals surface area contributed by atoms with Gasteiger partial charge in [0.1, 0.15) is 12.4 Å². The summed E-state index contributed by atoms with van der Waals surface area (Å²) in [6.45, 7) is 2.68. The van der Waals surface area contributed by atoms with Gasteiger partial charge in [-0.1, -0.05) is 56.2 Å². The Morgan fingerprint density at radius 1 is 1.05 bits per heavy atom. The second-order valence-electron chi connectivity index (χ2n) is 5.32. The Bertz CT molecular complexity index is 581. The van der Waals surface area contributed by atoms with Crippen molar-refractivity contribution in [2.45, 2.75) is 39.2 Å². The number of carbonyl (C=O) groups excluding carboxylic acids is 1. The Labute approximate surface area is 132 Å². The lowest BCUT2D eigenvalue weighted by Crippen LogP contribution is -2.02. The lowest BCUT2D eigenvalue weighted by Gasteiger charge is -2.12. The van der Waals surface area contributed by atoms with E-state index in [2.05, 4.69) is 18.3 Å². The number of anilines is 1. The zero-order valence-corrected chi connectivity index (χ0v) is 13.0. The first kappa shape index (κ1) is 16.1. The van der Waals surface area contributed by atoms with Gasteiger partial charge in [-0.25, -0.2) is 0 Å². The molecule has 0 saturated carbocycles. The first-order chi connectivity index (χ1) is 10.8. The van der Waals surface area contributed by atoms with Crippen LogP contribution in [0.1, 0.15) is 37.3 Å². The number of benzene rings is 2. The highest BCUT2D eigenvalue weighted by atomic mass is 16.5. The van der Waals surface area contributed by atoms with Gasteiger partial charge in [0.25, 0.3) is 0 Å². The number of hydrogen-bond acceptors (Lipinski definition) is 2. The molecular weight excluding hydrogens is 274 g/mol. The van der Waals surface area contributed by atoms with Gasteiger partial charge < -0.3 is 10.1 Å². The van der Waals surface area contributed by atoms with Crippen molar-refractivity contribution < 1.29 is 9.53 Å². The summed E-state index contributed by atoms with van der Waals surface area (Å²) in [6.07, 6.45) is 5.32. The second kappa shape index (κ2) is 8.88. The van der Waals surface area contributed by atoms with Gasteiger partial charge in [-0.05, 0) is 36.1 Å².